The minimum absolute atomic E-state index is 0.0475. The highest BCUT2D eigenvalue weighted by molar-refractivity contribution is 5.66. The molecule has 3 atom stereocenters. The van der Waals surface area contributed by atoms with Gasteiger partial charge in [0.05, 0.1) is 24.0 Å². The lowest BCUT2D eigenvalue weighted by atomic mass is 10.0. The molecule has 0 aliphatic carbocycles. The summed E-state index contributed by atoms with van der Waals surface area (Å²) in [6.07, 6.45) is 7.06. The average molecular weight is 352 g/mol. The normalized spacial score (nSPS) is 15.2. The summed E-state index contributed by atoms with van der Waals surface area (Å²) < 4.78 is 0. The van der Waals surface area contributed by atoms with Crippen molar-refractivity contribution in [2.45, 2.75) is 70.2 Å². The molecule has 0 unspecified atom stereocenters. The molecular weight excluding hydrogens is 324 g/mol. The van der Waals surface area contributed by atoms with Crippen LogP contribution in [0, 0.1) is 0 Å². The van der Waals surface area contributed by atoms with Gasteiger partial charge in [-0.05, 0) is 19.3 Å². The van der Waals surface area contributed by atoms with Crippen LogP contribution in [0.2, 0.25) is 0 Å². The van der Waals surface area contributed by atoms with Crippen LogP contribution in [-0.2, 0) is 4.79 Å². The number of carbonyl (C=O) groups is 1. The van der Waals surface area contributed by atoms with Gasteiger partial charge >= 0.3 is 5.97 Å². The van der Waals surface area contributed by atoms with E-state index in [0.29, 0.717) is 17.7 Å². The molecule has 0 saturated heterocycles. The minimum atomic E-state index is -1.13. The predicted molar refractivity (Wildman–Crippen MR) is 93.7 cm³/mol. The SMILES string of the molecule is CCCCC[C@H](O)c1ncncc1/C=C/[C@@H](O)[C@@H](O)CCCC(=O)O. The van der Waals surface area contributed by atoms with Crippen LogP contribution in [0.3, 0.4) is 0 Å². The van der Waals surface area contributed by atoms with Gasteiger partial charge in [0.25, 0.3) is 0 Å². The third kappa shape index (κ3) is 8.20. The Balaban J connectivity index is 2.65. The van der Waals surface area contributed by atoms with Crippen molar-refractivity contribution in [2.24, 2.45) is 0 Å². The quantitative estimate of drug-likeness (QED) is 0.425. The van der Waals surface area contributed by atoms with Crippen molar-refractivity contribution in [1.82, 2.24) is 9.97 Å². The molecule has 0 aliphatic heterocycles. The summed E-state index contributed by atoms with van der Waals surface area (Å²) in [6.45, 7) is 2.09. The summed E-state index contributed by atoms with van der Waals surface area (Å²) in [6, 6.07) is 0. The lowest BCUT2D eigenvalue weighted by Gasteiger charge is -2.15. The van der Waals surface area contributed by atoms with Gasteiger partial charge in [-0.2, -0.15) is 0 Å². The second-order valence-corrected chi connectivity index (χ2v) is 6.08. The lowest BCUT2D eigenvalue weighted by molar-refractivity contribution is -0.137. The van der Waals surface area contributed by atoms with Crippen molar-refractivity contribution in [3.05, 3.63) is 29.9 Å². The number of aromatic nitrogens is 2. The smallest absolute Gasteiger partial charge is 0.303 e. The molecule has 0 saturated carbocycles. The fraction of sp³-hybridized carbons (Fsp3) is 0.611. The number of hydrogen-bond acceptors (Lipinski definition) is 6. The highest BCUT2D eigenvalue weighted by Gasteiger charge is 2.15. The molecule has 7 heteroatoms. The Bertz CT molecular complexity index is 550. The monoisotopic (exact) mass is 352 g/mol. The number of rotatable bonds is 12. The van der Waals surface area contributed by atoms with Gasteiger partial charge in [-0.15, -0.1) is 0 Å². The number of aliphatic hydroxyl groups is 3. The first-order chi connectivity index (χ1) is 12.0. The summed E-state index contributed by atoms with van der Waals surface area (Å²) in [5, 5.41) is 38.7. The molecule has 1 heterocycles. The molecule has 25 heavy (non-hydrogen) atoms. The molecule has 0 spiro atoms. The molecule has 1 rings (SSSR count). The first-order valence-corrected chi connectivity index (χ1v) is 8.69. The highest BCUT2D eigenvalue weighted by atomic mass is 16.4. The van der Waals surface area contributed by atoms with Gasteiger partial charge in [0.1, 0.15) is 6.33 Å². The number of aliphatic carboxylic acids is 1. The molecule has 0 bridgehead atoms. The van der Waals surface area contributed by atoms with Gasteiger partial charge in [-0.25, -0.2) is 9.97 Å². The van der Waals surface area contributed by atoms with E-state index in [0.717, 1.165) is 19.3 Å². The van der Waals surface area contributed by atoms with Crippen LogP contribution in [0.25, 0.3) is 6.08 Å². The standard InChI is InChI=1S/C18H28N2O5/c1-2-3-4-6-16(23)18-13(11-19-12-20-18)9-10-15(22)14(21)7-5-8-17(24)25/h9-12,14-16,21-23H,2-8H2,1H3,(H,24,25)/b10-9+/t14-,15+,16-/m0/s1. The van der Waals surface area contributed by atoms with Gasteiger partial charge in [0.2, 0.25) is 0 Å². The Hall–Kier alpha value is -1.83. The van der Waals surface area contributed by atoms with Crippen molar-refractivity contribution in [3.63, 3.8) is 0 Å². The average Bonchev–Trinajstić information content (AvgIpc) is 2.59. The van der Waals surface area contributed by atoms with Gasteiger partial charge < -0.3 is 20.4 Å². The van der Waals surface area contributed by atoms with Crippen molar-refractivity contribution < 1.29 is 25.2 Å². The Morgan fingerprint density at radius 2 is 1.96 bits per heavy atom. The second kappa shape index (κ2) is 11.7. The van der Waals surface area contributed by atoms with Gasteiger partial charge in [0.15, 0.2) is 0 Å². The maximum atomic E-state index is 10.5. The molecule has 140 valence electrons. The Morgan fingerprint density at radius 1 is 1.20 bits per heavy atom. The Morgan fingerprint density at radius 3 is 2.64 bits per heavy atom. The van der Waals surface area contributed by atoms with Crippen molar-refractivity contribution >= 4 is 12.0 Å². The van der Waals surface area contributed by atoms with Crippen LogP contribution < -0.4 is 0 Å². The zero-order valence-corrected chi connectivity index (χ0v) is 14.6. The zero-order valence-electron chi connectivity index (χ0n) is 14.6. The largest absolute Gasteiger partial charge is 0.481 e. The Labute approximate surface area is 148 Å². The van der Waals surface area contributed by atoms with E-state index in [-0.39, 0.29) is 19.3 Å². The van der Waals surface area contributed by atoms with E-state index >= 15 is 0 Å². The van der Waals surface area contributed by atoms with Crippen molar-refractivity contribution in [1.29, 1.82) is 0 Å². The van der Waals surface area contributed by atoms with Gasteiger partial charge in [-0.1, -0.05) is 38.3 Å². The van der Waals surface area contributed by atoms with E-state index in [4.69, 9.17) is 5.11 Å². The molecule has 0 radical (unpaired) electrons. The minimum Gasteiger partial charge on any atom is -0.481 e. The molecule has 7 nitrogen and oxygen atoms in total. The summed E-state index contributed by atoms with van der Waals surface area (Å²) >= 11 is 0. The fourth-order valence-electron chi connectivity index (χ4n) is 2.44. The van der Waals surface area contributed by atoms with E-state index in [1.54, 1.807) is 12.3 Å². The van der Waals surface area contributed by atoms with Gasteiger partial charge in [0, 0.05) is 18.2 Å². The molecule has 0 aromatic carbocycles. The molecule has 1 aromatic heterocycles. The molecule has 4 N–H and O–H groups in total. The maximum Gasteiger partial charge on any atom is 0.303 e. The topological polar surface area (TPSA) is 124 Å². The van der Waals surface area contributed by atoms with E-state index < -0.39 is 24.3 Å². The summed E-state index contributed by atoms with van der Waals surface area (Å²) in [5.74, 6) is -0.930. The molecule has 0 aliphatic rings. The maximum absolute atomic E-state index is 10.5. The molecule has 1 aromatic rings. The van der Waals surface area contributed by atoms with Crippen LogP contribution in [0.5, 0.6) is 0 Å². The zero-order chi connectivity index (χ0) is 18.7. The number of nitrogens with zero attached hydrogens (tertiary/aromatic N) is 2. The van der Waals surface area contributed by atoms with Crippen LogP contribution in [-0.4, -0.2) is 48.6 Å². The lowest BCUT2D eigenvalue weighted by Crippen LogP contribution is -2.23. The van der Waals surface area contributed by atoms with E-state index in [9.17, 15) is 20.1 Å². The first kappa shape index (κ1) is 21.2. The number of aliphatic hydroxyl groups excluding tert-OH is 3. The van der Waals surface area contributed by atoms with Crippen molar-refractivity contribution in [2.75, 3.05) is 0 Å². The number of carboxylic acid groups (broad SMARTS) is 1. The summed E-state index contributed by atoms with van der Waals surface area (Å²) in [7, 11) is 0. The summed E-state index contributed by atoms with van der Waals surface area (Å²) in [4.78, 5) is 18.5. The third-order valence-corrected chi connectivity index (χ3v) is 3.93. The van der Waals surface area contributed by atoms with E-state index in [2.05, 4.69) is 16.9 Å². The van der Waals surface area contributed by atoms with E-state index in [1.165, 1.54) is 12.4 Å². The first-order valence-electron chi connectivity index (χ1n) is 8.69. The fourth-order valence-corrected chi connectivity index (χ4v) is 2.44. The summed E-state index contributed by atoms with van der Waals surface area (Å²) in [5.41, 5.74) is 1.08. The van der Waals surface area contributed by atoms with Crippen LogP contribution in [0.15, 0.2) is 18.6 Å². The number of unbranched alkanes of at least 4 members (excludes halogenated alkanes) is 2. The highest BCUT2D eigenvalue weighted by Crippen LogP contribution is 2.22. The molecular formula is C18H28N2O5. The Kier molecular flexibility index (Phi) is 9.91. The number of hydrogen-bond donors (Lipinski definition) is 4. The number of carboxylic acids is 1. The predicted octanol–water partition coefficient (Wildman–Crippen LogP) is 2.08. The molecule has 0 fully saturated rings. The second-order valence-electron chi connectivity index (χ2n) is 6.08. The van der Waals surface area contributed by atoms with E-state index in [1.807, 2.05) is 0 Å². The van der Waals surface area contributed by atoms with Gasteiger partial charge in [-0.3, -0.25) is 4.79 Å². The molecule has 0 amide bonds. The van der Waals surface area contributed by atoms with Crippen LogP contribution in [0.4, 0.5) is 0 Å². The third-order valence-electron chi connectivity index (χ3n) is 3.93. The van der Waals surface area contributed by atoms with Crippen LogP contribution >= 0.6 is 0 Å². The van der Waals surface area contributed by atoms with Crippen LogP contribution in [0.1, 0.15) is 69.2 Å². The van der Waals surface area contributed by atoms with Crippen molar-refractivity contribution in [3.8, 4) is 0 Å².